The number of nitrogens with zero attached hydrogens (tertiary/aromatic N) is 4. The van der Waals surface area contributed by atoms with Crippen LogP contribution in [0, 0.1) is 12.0 Å². The van der Waals surface area contributed by atoms with Gasteiger partial charge in [-0.1, -0.05) is 32.8 Å². The second-order valence-electron chi connectivity index (χ2n) is 6.81. The van der Waals surface area contributed by atoms with Gasteiger partial charge in [-0.05, 0) is 36.9 Å². The molecule has 0 amide bonds. The monoisotopic (exact) mass is 396 g/mol. The maximum absolute atomic E-state index is 11.4. The molecule has 6 heteroatoms. The molecule has 0 spiro atoms. The first kappa shape index (κ1) is 22.5. The summed E-state index contributed by atoms with van der Waals surface area (Å²) in [6.45, 7) is 11.0. The summed E-state index contributed by atoms with van der Waals surface area (Å²) in [4.78, 5) is 20.6. The molecule has 1 aromatic heterocycles. The molecular weight excluding hydrogens is 364 g/mol. The van der Waals surface area contributed by atoms with Crippen LogP contribution in [0.1, 0.15) is 38.6 Å². The standard InChI is InChI=1S/C23H32N4O2/c1-6-9-14-25(4)18-22-24-20-17-19(11-13-23(28)29-5)10-12-21(20)27(22)16-15-26(7-2)8-3/h10-13,17H,6-8,15-16,18H2,1-5H3/b13-11+. The van der Waals surface area contributed by atoms with Crippen LogP contribution in [0.3, 0.4) is 0 Å². The van der Waals surface area contributed by atoms with Crippen LogP contribution in [-0.2, 0) is 22.6 Å². The molecule has 0 unspecified atom stereocenters. The van der Waals surface area contributed by atoms with E-state index in [9.17, 15) is 4.79 Å². The molecule has 0 bridgehead atoms. The molecule has 1 aromatic carbocycles. The zero-order valence-corrected chi connectivity index (χ0v) is 18.2. The fraction of sp³-hybridized carbons (Fsp3) is 0.478. The molecule has 0 aliphatic rings. The Balaban J connectivity index is 2.37. The minimum atomic E-state index is -0.369. The molecule has 0 aliphatic heterocycles. The van der Waals surface area contributed by atoms with Crippen LogP contribution in [0.4, 0.5) is 0 Å². The van der Waals surface area contributed by atoms with E-state index in [0.29, 0.717) is 6.54 Å². The Hall–Kier alpha value is -2.78. The van der Waals surface area contributed by atoms with Crippen molar-refractivity contribution in [3.63, 3.8) is 0 Å². The third kappa shape index (κ3) is 6.37. The van der Waals surface area contributed by atoms with Crippen molar-refractivity contribution in [2.75, 3.05) is 33.8 Å². The predicted molar refractivity (Wildman–Crippen MR) is 118 cm³/mol. The van der Waals surface area contributed by atoms with E-state index < -0.39 is 0 Å². The number of carbonyl (C=O) groups is 1. The molecular formula is C23H32N4O2. The highest BCUT2D eigenvalue weighted by Crippen LogP contribution is 2.20. The molecule has 6 nitrogen and oxygen atoms in total. The lowest BCUT2D eigenvalue weighted by Gasteiger charge is -2.20. The van der Waals surface area contributed by atoms with Crippen molar-refractivity contribution >= 4 is 23.1 Å². The largest absolute Gasteiger partial charge is 0.466 e. The zero-order chi connectivity index (χ0) is 21.2. The Bertz CT molecular complexity index is 901. The molecule has 0 radical (unpaired) electrons. The number of aromatic nitrogens is 2. The predicted octanol–water partition coefficient (Wildman–Crippen LogP) is 3.37. The second-order valence-corrected chi connectivity index (χ2v) is 6.81. The smallest absolute Gasteiger partial charge is 0.330 e. The molecule has 0 saturated carbocycles. The van der Waals surface area contributed by atoms with Gasteiger partial charge in [-0.25, -0.2) is 9.78 Å². The average Bonchev–Trinajstić information content (AvgIpc) is 3.07. The third-order valence-electron chi connectivity index (χ3n) is 4.82. The fourth-order valence-electron chi connectivity index (χ4n) is 3.15. The van der Waals surface area contributed by atoms with E-state index in [1.807, 2.05) is 31.0 Å². The van der Waals surface area contributed by atoms with Crippen molar-refractivity contribution in [3.8, 4) is 12.0 Å². The summed E-state index contributed by atoms with van der Waals surface area (Å²) in [5.74, 6) is 3.74. The van der Waals surface area contributed by atoms with Gasteiger partial charge in [0.05, 0.1) is 24.7 Å². The molecule has 0 atom stereocenters. The van der Waals surface area contributed by atoms with Crippen LogP contribution in [0.25, 0.3) is 17.1 Å². The van der Waals surface area contributed by atoms with E-state index in [2.05, 4.69) is 46.1 Å². The number of rotatable bonds is 9. The average molecular weight is 397 g/mol. The lowest BCUT2D eigenvalue weighted by atomic mass is 10.2. The molecule has 29 heavy (non-hydrogen) atoms. The number of fused-ring (bicyclic) bond motifs is 1. The molecule has 0 saturated heterocycles. The van der Waals surface area contributed by atoms with Gasteiger partial charge >= 0.3 is 5.97 Å². The third-order valence-corrected chi connectivity index (χ3v) is 4.82. The number of benzene rings is 1. The zero-order valence-electron chi connectivity index (χ0n) is 18.2. The van der Waals surface area contributed by atoms with E-state index in [1.165, 1.54) is 13.2 Å². The molecule has 1 heterocycles. The number of carbonyl (C=O) groups excluding carboxylic acids is 1. The summed E-state index contributed by atoms with van der Waals surface area (Å²) in [5.41, 5.74) is 2.93. The lowest BCUT2D eigenvalue weighted by molar-refractivity contribution is -0.134. The maximum atomic E-state index is 11.4. The summed E-state index contributed by atoms with van der Waals surface area (Å²) in [6, 6.07) is 9.22. The summed E-state index contributed by atoms with van der Waals surface area (Å²) in [5, 5.41) is 0. The number of likely N-dealkylation sites (N-methyl/N-ethyl adjacent to an activating group) is 1. The SMILES string of the molecule is CCC#CN(C)Cc1nc2cc(/C=C/C(=O)OC)ccc2n1CCN(CC)CC. The number of hydrogen-bond acceptors (Lipinski definition) is 5. The highest BCUT2D eigenvalue weighted by Gasteiger charge is 2.13. The lowest BCUT2D eigenvalue weighted by Crippen LogP contribution is -2.28. The Labute approximate surface area is 174 Å². The van der Waals surface area contributed by atoms with Crippen LogP contribution in [0.5, 0.6) is 0 Å². The van der Waals surface area contributed by atoms with Gasteiger partial charge in [0.2, 0.25) is 0 Å². The van der Waals surface area contributed by atoms with Crippen LogP contribution in [0.2, 0.25) is 0 Å². The van der Waals surface area contributed by atoms with E-state index in [4.69, 9.17) is 4.98 Å². The van der Waals surface area contributed by atoms with E-state index in [-0.39, 0.29) is 5.97 Å². The summed E-state index contributed by atoms with van der Waals surface area (Å²) in [7, 11) is 3.36. The fourth-order valence-corrected chi connectivity index (χ4v) is 3.15. The number of hydrogen-bond donors (Lipinski definition) is 0. The quantitative estimate of drug-likeness (QED) is 0.282. The Kier molecular flexibility index (Phi) is 8.75. The van der Waals surface area contributed by atoms with E-state index >= 15 is 0 Å². The van der Waals surface area contributed by atoms with Gasteiger partial charge in [-0.2, -0.15) is 0 Å². The summed E-state index contributed by atoms with van der Waals surface area (Å²) >= 11 is 0. The van der Waals surface area contributed by atoms with Crippen LogP contribution in [0.15, 0.2) is 24.3 Å². The van der Waals surface area contributed by atoms with Gasteiger partial charge in [0.15, 0.2) is 0 Å². The number of esters is 1. The molecule has 156 valence electrons. The summed E-state index contributed by atoms with van der Waals surface area (Å²) < 4.78 is 6.95. The minimum absolute atomic E-state index is 0.369. The highest BCUT2D eigenvalue weighted by atomic mass is 16.5. The second kappa shape index (κ2) is 11.3. The first-order valence-corrected chi connectivity index (χ1v) is 10.2. The van der Waals surface area contributed by atoms with Crippen molar-refractivity contribution in [2.45, 2.75) is 40.3 Å². The Morgan fingerprint density at radius 2 is 2.03 bits per heavy atom. The number of imidazole rings is 1. The van der Waals surface area contributed by atoms with Crippen molar-refractivity contribution in [3.05, 3.63) is 35.7 Å². The summed E-state index contributed by atoms with van der Waals surface area (Å²) in [6.07, 6.45) is 4.00. The van der Waals surface area contributed by atoms with Gasteiger partial charge in [0, 0.05) is 38.7 Å². The van der Waals surface area contributed by atoms with E-state index in [1.54, 1.807) is 6.08 Å². The molecule has 2 aromatic rings. The first-order chi connectivity index (χ1) is 14.0. The van der Waals surface area contributed by atoms with Crippen molar-refractivity contribution < 1.29 is 9.53 Å². The van der Waals surface area contributed by atoms with Crippen molar-refractivity contribution in [1.29, 1.82) is 0 Å². The molecule has 0 aliphatic carbocycles. The molecule has 2 rings (SSSR count). The Morgan fingerprint density at radius 3 is 2.69 bits per heavy atom. The topological polar surface area (TPSA) is 50.6 Å². The van der Waals surface area contributed by atoms with Crippen LogP contribution in [-0.4, -0.2) is 59.1 Å². The van der Waals surface area contributed by atoms with Gasteiger partial charge < -0.3 is 19.1 Å². The van der Waals surface area contributed by atoms with Gasteiger partial charge in [0.1, 0.15) is 5.82 Å². The van der Waals surface area contributed by atoms with E-state index in [0.717, 1.165) is 55.0 Å². The molecule has 0 N–H and O–H groups in total. The number of ether oxygens (including phenoxy) is 1. The van der Waals surface area contributed by atoms with Gasteiger partial charge in [-0.3, -0.25) is 0 Å². The maximum Gasteiger partial charge on any atom is 0.330 e. The van der Waals surface area contributed by atoms with Crippen LogP contribution >= 0.6 is 0 Å². The van der Waals surface area contributed by atoms with Crippen molar-refractivity contribution in [2.24, 2.45) is 0 Å². The normalized spacial score (nSPS) is 11.1. The minimum Gasteiger partial charge on any atom is -0.466 e. The first-order valence-electron chi connectivity index (χ1n) is 10.2. The molecule has 0 fully saturated rings. The van der Waals surface area contributed by atoms with Gasteiger partial charge in [-0.15, -0.1) is 0 Å². The van der Waals surface area contributed by atoms with Crippen LogP contribution < -0.4 is 0 Å². The van der Waals surface area contributed by atoms with Gasteiger partial charge in [0.25, 0.3) is 0 Å². The van der Waals surface area contributed by atoms with Crippen molar-refractivity contribution in [1.82, 2.24) is 19.4 Å². The number of methoxy groups -OCH3 is 1. The highest BCUT2D eigenvalue weighted by molar-refractivity contribution is 5.88. The Morgan fingerprint density at radius 1 is 1.28 bits per heavy atom.